The summed E-state index contributed by atoms with van der Waals surface area (Å²) >= 11 is 0. The highest BCUT2D eigenvalue weighted by Crippen LogP contribution is 2.58. The summed E-state index contributed by atoms with van der Waals surface area (Å²) in [5.41, 5.74) is 3.71. The first-order chi connectivity index (χ1) is 8.63. The second-order valence-corrected chi connectivity index (χ2v) is 6.82. The smallest absolute Gasteiger partial charge is 0.0354 e. The average Bonchev–Trinajstić information content (AvgIpc) is 2.89. The first-order valence-corrected chi connectivity index (χ1v) is 7.39. The van der Waals surface area contributed by atoms with E-state index in [0.717, 1.165) is 11.8 Å². The van der Waals surface area contributed by atoms with Crippen LogP contribution in [0.15, 0.2) is 24.3 Å². The van der Waals surface area contributed by atoms with Gasteiger partial charge in [-0.25, -0.2) is 0 Å². The predicted molar refractivity (Wildman–Crippen MR) is 76.7 cm³/mol. The fourth-order valence-electron chi connectivity index (χ4n) is 3.54. The van der Waals surface area contributed by atoms with Crippen LogP contribution in [0.5, 0.6) is 0 Å². The van der Waals surface area contributed by atoms with E-state index >= 15 is 0 Å². The molecule has 1 aromatic carbocycles. The summed E-state index contributed by atoms with van der Waals surface area (Å²) in [5.74, 6) is 1.64. The molecular weight excluding hydrogens is 218 g/mol. The molecule has 18 heavy (non-hydrogen) atoms. The van der Waals surface area contributed by atoms with Crippen LogP contribution in [0.4, 0.5) is 0 Å². The maximum Gasteiger partial charge on any atom is 0.0354 e. The van der Waals surface area contributed by atoms with E-state index in [1.54, 1.807) is 11.1 Å². The molecule has 0 spiro atoms. The summed E-state index contributed by atoms with van der Waals surface area (Å²) in [6, 6.07) is 9.68. The Morgan fingerprint density at radius 1 is 1.22 bits per heavy atom. The number of hydrogen-bond donors (Lipinski definition) is 1. The lowest BCUT2D eigenvalue weighted by molar-refractivity contribution is 0.399. The van der Waals surface area contributed by atoms with Crippen molar-refractivity contribution in [1.29, 1.82) is 0 Å². The van der Waals surface area contributed by atoms with Crippen LogP contribution in [0.3, 0.4) is 0 Å². The first kappa shape index (κ1) is 12.2. The van der Waals surface area contributed by atoms with Crippen LogP contribution in [0.2, 0.25) is 0 Å². The Balaban J connectivity index is 1.90. The zero-order chi connectivity index (χ0) is 12.8. The molecular formula is C17H25N. The molecule has 2 unspecified atom stereocenters. The predicted octanol–water partition coefficient (Wildman–Crippen LogP) is 4.26. The van der Waals surface area contributed by atoms with Crippen molar-refractivity contribution in [2.24, 2.45) is 11.3 Å². The Morgan fingerprint density at radius 2 is 1.89 bits per heavy atom. The average molecular weight is 243 g/mol. The molecule has 1 nitrogen and oxygen atoms in total. The topological polar surface area (TPSA) is 12.0 Å². The van der Waals surface area contributed by atoms with Gasteiger partial charge in [-0.1, -0.05) is 44.5 Å². The van der Waals surface area contributed by atoms with E-state index in [1.165, 1.54) is 25.7 Å². The van der Waals surface area contributed by atoms with Crippen LogP contribution in [-0.4, -0.2) is 7.05 Å². The van der Waals surface area contributed by atoms with E-state index in [4.69, 9.17) is 0 Å². The molecule has 0 aliphatic heterocycles. The molecule has 0 saturated heterocycles. The number of benzene rings is 1. The van der Waals surface area contributed by atoms with Gasteiger partial charge in [-0.3, -0.25) is 0 Å². The van der Waals surface area contributed by atoms with Gasteiger partial charge in [0.2, 0.25) is 0 Å². The molecule has 0 radical (unpaired) electrons. The lowest BCUT2D eigenvalue weighted by Crippen LogP contribution is -2.23. The quantitative estimate of drug-likeness (QED) is 0.833. The second kappa shape index (κ2) is 4.38. The number of nitrogens with one attached hydrogen (secondary N) is 1. The highest BCUT2D eigenvalue weighted by molar-refractivity contribution is 5.36. The van der Waals surface area contributed by atoms with Gasteiger partial charge in [-0.2, -0.15) is 0 Å². The molecule has 2 aliphatic rings. The van der Waals surface area contributed by atoms with Crippen LogP contribution in [0.25, 0.3) is 0 Å². The normalized spacial score (nSPS) is 27.6. The van der Waals surface area contributed by atoms with Crippen LogP contribution in [0, 0.1) is 11.3 Å². The van der Waals surface area contributed by atoms with E-state index in [-0.39, 0.29) is 0 Å². The minimum atomic E-state index is 0.528. The van der Waals surface area contributed by atoms with E-state index < -0.39 is 0 Å². The highest BCUT2D eigenvalue weighted by Gasteiger charge is 2.50. The van der Waals surface area contributed by atoms with E-state index in [0.29, 0.717) is 11.5 Å². The summed E-state index contributed by atoms with van der Waals surface area (Å²) in [6.45, 7) is 4.79. The third-order valence-electron chi connectivity index (χ3n) is 5.18. The second-order valence-electron chi connectivity index (χ2n) is 6.82. The van der Waals surface area contributed by atoms with Crippen molar-refractivity contribution in [3.05, 3.63) is 35.4 Å². The molecule has 2 saturated carbocycles. The Bertz CT molecular complexity index is 431. The maximum atomic E-state index is 3.58. The van der Waals surface area contributed by atoms with E-state index in [1.807, 2.05) is 0 Å². The minimum absolute atomic E-state index is 0.528. The molecule has 0 bridgehead atoms. The van der Waals surface area contributed by atoms with Gasteiger partial charge in [0.1, 0.15) is 0 Å². The monoisotopic (exact) mass is 243 g/mol. The third kappa shape index (κ3) is 1.99. The fraction of sp³-hybridized carbons (Fsp3) is 0.647. The molecule has 1 heteroatoms. The highest BCUT2D eigenvalue weighted by atomic mass is 14.9. The first-order valence-electron chi connectivity index (χ1n) is 7.39. The van der Waals surface area contributed by atoms with Gasteiger partial charge in [-0.15, -0.1) is 0 Å². The fourth-order valence-corrected chi connectivity index (χ4v) is 3.54. The summed E-state index contributed by atoms with van der Waals surface area (Å²) in [6.07, 6.45) is 5.55. The summed E-state index contributed by atoms with van der Waals surface area (Å²) in [7, 11) is 2.12. The van der Waals surface area contributed by atoms with Crippen molar-refractivity contribution >= 4 is 0 Å². The van der Waals surface area contributed by atoms with E-state index in [9.17, 15) is 0 Å². The SMILES string of the molecule is CNC(c1ccccc1C1CCC1)C1CC1(C)C. The summed E-state index contributed by atoms with van der Waals surface area (Å²) in [4.78, 5) is 0. The Hall–Kier alpha value is -0.820. The zero-order valence-corrected chi connectivity index (χ0v) is 11.9. The van der Waals surface area contributed by atoms with Gasteiger partial charge < -0.3 is 5.32 Å². The molecule has 0 aromatic heterocycles. The lowest BCUT2D eigenvalue weighted by atomic mass is 9.76. The van der Waals surface area contributed by atoms with Gasteiger partial charge in [0.25, 0.3) is 0 Å². The molecule has 0 heterocycles. The van der Waals surface area contributed by atoms with Crippen LogP contribution in [-0.2, 0) is 0 Å². The molecule has 1 N–H and O–H groups in total. The molecule has 2 fully saturated rings. The van der Waals surface area contributed by atoms with Crippen molar-refractivity contribution in [1.82, 2.24) is 5.32 Å². The van der Waals surface area contributed by atoms with Gasteiger partial charge in [0.15, 0.2) is 0 Å². The molecule has 1 aromatic rings. The molecule has 2 atom stereocenters. The van der Waals surface area contributed by atoms with Crippen molar-refractivity contribution in [2.75, 3.05) is 7.05 Å². The molecule has 98 valence electrons. The van der Waals surface area contributed by atoms with Crippen LogP contribution in [0.1, 0.15) is 62.6 Å². The van der Waals surface area contributed by atoms with Gasteiger partial charge in [-0.05, 0) is 54.7 Å². The summed E-state index contributed by atoms with van der Waals surface area (Å²) < 4.78 is 0. The Labute approximate surface area is 111 Å². The van der Waals surface area contributed by atoms with Crippen molar-refractivity contribution in [2.45, 2.75) is 51.5 Å². The molecule has 2 aliphatic carbocycles. The zero-order valence-electron chi connectivity index (χ0n) is 11.9. The standard InChI is InChI=1S/C17H25N/c1-17(2)11-15(17)16(18-3)14-10-5-4-9-13(14)12-7-6-8-12/h4-5,9-10,12,15-16,18H,6-8,11H2,1-3H3. The summed E-state index contributed by atoms with van der Waals surface area (Å²) in [5, 5.41) is 3.58. The Kier molecular flexibility index (Phi) is 2.97. The van der Waals surface area contributed by atoms with Crippen molar-refractivity contribution in [3.8, 4) is 0 Å². The van der Waals surface area contributed by atoms with Crippen LogP contribution >= 0.6 is 0 Å². The van der Waals surface area contributed by atoms with Crippen LogP contribution < -0.4 is 5.32 Å². The third-order valence-corrected chi connectivity index (χ3v) is 5.18. The number of hydrogen-bond acceptors (Lipinski definition) is 1. The molecule has 3 rings (SSSR count). The largest absolute Gasteiger partial charge is 0.313 e. The molecule has 0 amide bonds. The van der Waals surface area contributed by atoms with Crippen molar-refractivity contribution < 1.29 is 0 Å². The van der Waals surface area contributed by atoms with Gasteiger partial charge >= 0.3 is 0 Å². The van der Waals surface area contributed by atoms with Crippen molar-refractivity contribution in [3.63, 3.8) is 0 Å². The maximum absolute atomic E-state index is 3.58. The minimum Gasteiger partial charge on any atom is -0.313 e. The lowest BCUT2D eigenvalue weighted by Gasteiger charge is -2.31. The van der Waals surface area contributed by atoms with Gasteiger partial charge in [0.05, 0.1) is 0 Å². The van der Waals surface area contributed by atoms with Gasteiger partial charge in [0, 0.05) is 6.04 Å². The Morgan fingerprint density at radius 3 is 2.39 bits per heavy atom. The van der Waals surface area contributed by atoms with E-state index in [2.05, 4.69) is 50.5 Å². The number of rotatable bonds is 4.